The van der Waals surface area contributed by atoms with Gasteiger partial charge in [0.15, 0.2) is 0 Å². The van der Waals surface area contributed by atoms with E-state index < -0.39 is 0 Å². The first-order valence-electron chi connectivity index (χ1n) is 11.2. The number of carbonyl (C=O) groups excluding carboxylic acids is 2. The average Bonchev–Trinajstić information content (AvgIpc) is 3.54. The maximum absolute atomic E-state index is 13.6. The highest BCUT2D eigenvalue weighted by molar-refractivity contribution is 7.10. The van der Waals surface area contributed by atoms with Gasteiger partial charge in [0.05, 0.1) is 19.2 Å². The van der Waals surface area contributed by atoms with E-state index in [1.54, 1.807) is 17.6 Å². The summed E-state index contributed by atoms with van der Waals surface area (Å²) in [7, 11) is 0. The van der Waals surface area contributed by atoms with Crippen molar-refractivity contribution in [1.82, 2.24) is 14.4 Å². The first kappa shape index (κ1) is 21.5. The van der Waals surface area contributed by atoms with Crippen LogP contribution >= 0.6 is 11.3 Å². The molecule has 0 N–H and O–H groups in total. The minimum Gasteiger partial charge on any atom is -0.448 e. The highest BCUT2D eigenvalue weighted by atomic mass is 32.1. The lowest BCUT2D eigenvalue weighted by molar-refractivity contribution is -0.134. The number of benzene rings is 1. The molecule has 1 aliphatic heterocycles. The standard InChI is InChI=1S/C26H27N3O3S/c1-18-5-7-20(8-6-18)17-29-23(14-21-9-12-32-26(21)29)25(31)27-10-11-28(19(2)16-27)24(30)15-22-4-3-13-33-22/h3-9,12-14,19H,10-11,15-17H2,1-2H3. The van der Waals surface area contributed by atoms with Crippen LogP contribution in [-0.4, -0.2) is 51.9 Å². The number of amides is 2. The predicted octanol–water partition coefficient (Wildman–Crippen LogP) is 4.57. The molecule has 6 nitrogen and oxygen atoms in total. The van der Waals surface area contributed by atoms with Gasteiger partial charge in [-0.05, 0) is 43.0 Å². The largest absolute Gasteiger partial charge is 0.448 e. The van der Waals surface area contributed by atoms with Crippen LogP contribution in [0.5, 0.6) is 0 Å². The Morgan fingerprint density at radius 1 is 1.12 bits per heavy atom. The molecule has 0 radical (unpaired) electrons. The molecule has 1 aliphatic rings. The highest BCUT2D eigenvalue weighted by Gasteiger charge is 2.32. The Kier molecular flexibility index (Phi) is 5.81. The van der Waals surface area contributed by atoms with Gasteiger partial charge < -0.3 is 18.8 Å². The second-order valence-electron chi connectivity index (χ2n) is 8.73. The van der Waals surface area contributed by atoms with Gasteiger partial charge in [0.2, 0.25) is 11.6 Å². The monoisotopic (exact) mass is 461 g/mol. The van der Waals surface area contributed by atoms with E-state index in [0.29, 0.717) is 44.0 Å². The van der Waals surface area contributed by atoms with Crippen molar-refractivity contribution in [1.29, 1.82) is 0 Å². The number of thiophene rings is 1. The Balaban J connectivity index is 1.33. The number of fused-ring (bicyclic) bond motifs is 1. The summed E-state index contributed by atoms with van der Waals surface area (Å²) in [6.07, 6.45) is 2.08. The van der Waals surface area contributed by atoms with E-state index >= 15 is 0 Å². The van der Waals surface area contributed by atoms with Crippen LogP contribution < -0.4 is 0 Å². The number of hydrogen-bond acceptors (Lipinski definition) is 4. The summed E-state index contributed by atoms with van der Waals surface area (Å²) in [5.74, 6) is 0.100. The van der Waals surface area contributed by atoms with E-state index in [4.69, 9.17) is 4.42 Å². The van der Waals surface area contributed by atoms with Crippen molar-refractivity contribution in [3.05, 3.63) is 81.9 Å². The maximum Gasteiger partial charge on any atom is 0.270 e. The minimum absolute atomic E-state index is 0.0225. The number of aryl methyl sites for hydroxylation is 1. The van der Waals surface area contributed by atoms with Crippen LogP contribution in [0.3, 0.4) is 0 Å². The third kappa shape index (κ3) is 4.33. The van der Waals surface area contributed by atoms with Crippen molar-refractivity contribution in [2.45, 2.75) is 32.9 Å². The quantitative estimate of drug-likeness (QED) is 0.438. The van der Waals surface area contributed by atoms with Gasteiger partial charge in [-0.3, -0.25) is 9.59 Å². The van der Waals surface area contributed by atoms with Gasteiger partial charge in [0.1, 0.15) is 5.69 Å². The van der Waals surface area contributed by atoms with Gasteiger partial charge in [-0.2, -0.15) is 0 Å². The zero-order valence-electron chi connectivity index (χ0n) is 18.9. The lowest BCUT2D eigenvalue weighted by atomic mass is 10.1. The number of carbonyl (C=O) groups is 2. The molecule has 0 saturated carbocycles. The summed E-state index contributed by atoms with van der Waals surface area (Å²) in [6.45, 7) is 6.23. The Hall–Kier alpha value is -3.32. The fraction of sp³-hybridized carbons (Fsp3) is 0.308. The Morgan fingerprint density at radius 3 is 2.67 bits per heavy atom. The average molecular weight is 462 g/mol. The van der Waals surface area contributed by atoms with Gasteiger partial charge in [-0.1, -0.05) is 35.9 Å². The molecule has 1 unspecified atom stereocenters. The third-order valence-corrected chi connectivity index (χ3v) is 7.20. The van der Waals surface area contributed by atoms with Crippen LogP contribution in [-0.2, 0) is 17.8 Å². The van der Waals surface area contributed by atoms with Crippen LogP contribution in [0.4, 0.5) is 0 Å². The summed E-state index contributed by atoms with van der Waals surface area (Å²) in [4.78, 5) is 31.2. The molecule has 2 amide bonds. The zero-order chi connectivity index (χ0) is 22.9. The third-order valence-electron chi connectivity index (χ3n) is 6.32. The summed E-state index contributed by atoms with van der Waals surface area (Å²) in [6, 6.07) is 16.0. The van der Waals surface area contributed by atoms with Crippen LogP contribution in [0.2, 0.25) is 0 Å². The van der Waals surface area contributed by atoms with E-state index in [2.05, 4.69) is 31.2 Å². The molecule has 4 aromatic rings. The van der Waals surface area contributed by atoms with Gasteiger partial charge in [0.25, 0.3) is 5.91 Å². The molecule has 1 fully saturated rings. The number of furan rings is 1. The first-order valence-corrected chi connectivity index (χ1v) is 12.1. The number of nitrogens with zero attached hydrogens (tertiary/aromatic N) is 3. The molecule has 33 heavy (non-hydrogen) atoms. The lowest BCUT2D eigenvalue weighted by Crippen LogP contribution is -2.55. The molecule has 0 bridgehead atoms. The maximum atomic E-state index is 13.6. The first-order chi connectivity index (χ1) is 16.0. The molecule has 5 rings (SSSR count). The Labute approximate surface area is 197 Å². The fourth-order valence-electron chi connectivity index (χ4n) is 4.52. The van der Waals surface area contributed by atoms with Crippen molar-refractivity contribution >= 4 is 34.3 Å². The van der Waals surface area contributed by atoms with E-state index in [9.17, 15) is 9.59 Å². The van der Waals surface area contributed by atoms with Crippen molar-refractivity contribution in [3.8, 4) is 0 Å². The topological polar surface area (TPSA) is 58.7 Å². The summed E-state index contributed by atoms with van der Waals surface area (Å²) in [5.41, 5.74) is 3.64. The Bertz CT molecular complexity index is 1270. The van der Waals surface area contributed by atoms with Crippen LogP contribution in [0, 0.1) is 6.92 Å². The number of piperazine rings is 1. The molecule has 1 atom stereocenters. The van der Waals surface area contributed by atoms with Crippen LogP contribution in [0.1, 0.15) is 33.4 Å². The molecule has 7 heteroatoms. The second kappa shape index (κ2) is 8.90. The van der Waals surface area contributed by atoms with Crippen LogP contribution in [0.25, 0.3) is 11.1 Å². The van der Waals surface area contributed by atoms with Crippen molar-refractivity contribution < 1.29 is 14.0 Å². The van der Waals surface area contributed by atoms with E-state index in [-0.39, 0.29) is 17.9 Å². The van der Waals surface area contributed by atoms with E-state index in [0.717, 1.165) is 15.8 Å². The predicted molar refractivity (Wildman–Crippen MR) is 130 cm³/mol. The molecule has 0 spiro atoms. The molecule has 170 valence electrons. The molecule has 1 saturated heterocycles. The number of rotatable bonds is 5. The minimum atomic E-state index is -0.0290. The van der Waals surface area contributed by atoms with Gasteiger partial charge >= 0.3 is 0 Å². The normalized spacial score (nSPS) is 16.5. The molecule has 4 heterocycles. The van der Waals surface area contributed by atoms with Crippen LogP contribution in [0.15, 0.2) is 64.6 Å². The molecule has 3 aromatic heterocycles. The smallest absolute Gasteiger partial charge is 0.270 e. The number of aromatic nitrogens is 1. The highest BCUT2D eigenvalue weighted by Crippen LogP contribution is 2.25. The van der Waals surface area contributed by atoms with Crippen molar-refractivity contribution in [2.24, 2.45) is 0 Å². The molecular weight excluding hydrogens is 434 g/mol. The van der Waals surface area contributed by atoms with Gasteiger partial charge in [-0.15, -0.1) is 11.3 Å². The second-order valence-corrected chi connectivity index (χ2v) is 9.76. The van der Waals surface area contributed by atoms with E-state index in [1.807, 2.05) is 50.9 Å². The summed E-state index contributed by atoms with van der Waals surface area (Å²) < 4.78 is 7.68. The summed E-state index contributed by atoms with van der Waals surface area (Å²) >= 11 is 1.60. The fourth-order valence-corrected chi connectivity index (χ4v) is 5.22. The van der Waals surface area contributed by atoms with Gasteiger partial charge in [-0.25, -0.2) is 0 Å². The Morgan fingerprint density at radius 2 is 1.94 bits per heavy atom. The van der Waals surface area contributed by atoms with Crippen molar-refractivity contribution in [2.75, 3.05) is 19.6 Å². The summed E-state index contributed by atoms with van der Waals surface area (Å²) in [5, 5.41) is 2.91. The molecule has 0 aliphatic carbocycles. The van der Waals surface area contributed by atoms with E-state index in [1.165, 1.54) is 5.56 Å². The SMILES string of the molecule is Cc1ccc(Cn2c(C(=O)N3CCN(C(=O)Cc4cccs4)C(C)C3)cc3ccoc32)cc1. The molecule has 1 aromatic carbocycles. The number of hydrogen-bond donors (Lipinski definition) is 0. The lowest BCUT2D eigenvalue weighted by Gasteiger charge is -2.40. The zero-order valence-corrected chi connectivity index (χ0v) is 19.7. The van der Waals surface area contributed by atoms with Gasteiger partial charge in [0, 0.05) is 35.9 Å². The van der Waals surface area contributed by atoms with Crippen molar-refractivity contribution in [3.63, 3.8) is 0 Å². The molecular formula is C26H27N3O3S.